The summed E-state index contributed by atoms with van der Waals surface area (Å²) in [4.78, 5) is 11.6. The molecule has 3 rings (SSSR count). The lowest BCUT2D eigenvalue weighted by Crippen LogP contribution is -2.33. The first-order chi connectivity index (χ1) is 8.69. The van der Waals surface area contributed by atoms with Gasteiger partial charge in [0.05, 0.1) is 5.92 Å². The Labute approximate surface area is 108 Å². The third kappa shape index (κ3) is 2.05. The van der Waals surface area contributed by atoms with Crippen molar-refractivity contribution in [1.82, 2.24) is 0 Å². The molecule has 1 aromatic carbocycles. The fourth-order valence-corrected chi connectivity index (χ4v) is 3.51. The summed E-state index contributed by atoms with van der Waals surface area (Å²) in [6.07, 6.45) is 5.27. The van der Waals surface area contributed by atoms with Crippen molar-refractivity contribution >= 4 is 5.97 Å². The van der Waals surface area contributed by atoms with Gasteiger partial charge in [0.25, 0.3) is 0 Å². The molecule has 1 aliphatic heterocycles. The fourth-order valence-electron chi connectivity index (χ4n) is 3.51. The maximum atomic E-state index is 11.6. The summed E-state index contributed by atoms with van der Waals surface area (Å²) in [5.74, 6) is 0.748. The van der Waals surface area contributed by atoms with E-state index < -0.39 is 0 Å². The third-order valence-corrected chi connectivity index (χ3v) is 4.57. The Morgan fingerprint density at radius 2 is 1.83 bits per heavy atom. The molecular weight excluding hydrogens is 224 g/mol. The van der Waals surface area contributed by atoms with Gasteiger partial charge in [-0.1, -0.05) is 37.3 Å². The fraction of sp³-hybridized carbons (Fsp3) is 0.562. The van der Waals surface area contributed by atoms with Crippen molar-refractivity contribution in [3.05, 3.63) is 35.9 Å². The van der Waals surface area contributed by atoms with Gasteiger partial charge in [0, 0.05) is 6.42 Å². The van der Waals surface area contributed by atoms with E-state index in [9.17, 15) is 4.79 Å². The largest absolute Gasteiger partial charge is 0.459 e. The molecule has 0 amide bonds. The Morgan fingerprint density at radius 3 is 2.39 bits per heavy atom. The molecule has 2 aliphatic rings. The molecule has 1 aliphatic carbocycles. The minimum absolute atomic E-state index is 0.00756. The summed E-state index contributed by atoms with van der Waals surface area (Å²) >= 11 is 0. The summed E-state index contributed by atoms with van der Waals surface area (Å²) < 4.78 is 5.65. The van der Waals surface area contributed by atoms with E-state index >= 15 is 0 Å². The SMILES string of the molecule is CC1CC2(CCC(c3ccccc3)CC2)OC1=O. The van der Waals surface area contributed by atoms with Crippen LogP contribution in [0.1, 0.15) is 50.5 Å². The Morgan fingerprint density at radius 1 is 1.17 bits per heavy atom. The second kappa shape index (κ2) is 4.42. The molecule has 2 nitrogen and oxygen atoms in total. The van der Waals surface area contributed by atoms with Gasteiger partial charge in [0.15, 0.2) is 0 Å². The van der Waals surface area contributed by atoms with E-state index in [1.807, 2.05) is 6.92 Å². The van der Waals surface area contributed by atoms with Crippen LogP contribution < -0.4 is 0 Å². The van der Waals surface area contributed by atoms with Gasteiger partial charge in [-0.2, -0.15) is 0 Å². The number of hydrogen-bond acceptors (Lipinski definition) is 2. The Balaban J connectivity index is 1.67. The highest BCUT2D eigenvalue weighted by atomic mass is 16.6. The highest BCUT2D eigenvalue weighted by Gasteiger charge is 2.46. The average molecular weight is 244 g/mol. The smallest absolute Gasteiger partial charge is 0.309 e. The molecule has 2 fully saturated rings. The number of carbonyl (C=O) groups excluding carboxylic acids is 1. The number of ether oxygens (including phenoxy) is 1. The maximum absolute atomic E-state index is 11.6. The summed E-state index contributed by atoms with van der Waals surface area (Å²) in [5.41, 5.74) is 1.31. The van der Waals surface area contributed by atoms with E-state index in [-0.39, 0.29) is 17.5 Å². The van der Waals surface area contributed by atoms with Crippen LogP contribution in [0.2, 0.25) is 0 Å². The van der Waals surface area contributed by atoms with Crippen molar-refractivity contribution in [1.29, 1.82) is 0 Å². The maximum Gasteiger partial charge on any atom is 0.309 e. The van der Waals surface area contributed by atoms with Crippen LogP contribution in [-0.4, -0.2) is 11.6 Å². The quantitative estimate of drug-likeness (QED) is 0.705. The average Bonchev–Trinajstić information content (AvgIpc) is 2.66. The van der Waals surface area contributed by atoms with Crippen LogP contribution in [0.25, 0.3) is 0 Å². The lowest BCUT2D eigenvalue weighted by atomic mass is 9.74. The van der Waals surface area contributed by atoms with Gasteiger partial charge in [-0.15, -0.1) is 0 Å². The summed E-state index contributed by atoms with van der Waals surface area (Å²) in [7, 11) is 0. The van der Waals surface area contributed by atoms with Crippen LogP contribution in [0.4, 0.5) is 0 Å². The Hall–Kier alpha value is -1.31. The molecule has 0 aromatic heterocycles. The van der Waals surface area contributed by atoms with Crippen LogP contribution in [0.3, 0.4) is 0 Å². The molecule has 1 saturated heterocycles. The van der Waals surface area contributed by atoms with Crippen LogP contribution >= 0.6 is 0 Å². The van der Waals surface area contributed by atoms with Crippen molar-refractivity contribution in [2.24, 2.45) is 5.92 Å². The topological polar surface area (TPSA) is 26.3 Å². The number of esters is 1. The zero-order chi connectivity index (χ0) is 12.6. The molecule has 1 spiro atoms. The van der Waals surface area contributed by atoms with Crippen molar-refractivity contribution < 1.29 is 9.53 Å². The summed E-state index contributed by atoms with van der Waals surface area (Å²) in [5, 5.41) is 0. The van der Waals surface area contributed by atoms with E-state index in [4.69, 9.17) is 4.74 Å². The molecule has 0 radical (unpaired) electrons. The van der Waals surface area contributed by atoms with Crippen molar-refractivity contribution in [2.75, 3.05) is 0 Å². The lowest BCUT2D eigenvalue weighted by Gasteiger charge is -2.36. The first kappa shape index (κ1) is 11.8. The third-order valence-electron chi connectivity index (χ3n) is 4.57. The molecule has 1 heterocycles. The van der Waals surface area contributed by atoms with Crippen LogP contribution in [-0.2, 0) is 9.53 Å². The molecule has 0 N–H and O–H groups in total. The van der Waals surface area contributed by atoms with Crippen LogP contribution in [0.15, 0.2) is 30.3 Å². The summed E-state index contributed by atoms with van der Waals surface area (Å²) in [6.45, 7) is 1.99. The molecule has 2 heteroatoms. The van der Waals surface area contributed by atoms with E-state index in [0.717, 1.165) is 32.1 Å². The first-order valence-electron chi connectivity index (χ1n) is 6.96. The van der Waals surface area contributed by atoms with Crippen LogP contribution in [0.5, 0.6) is 0 Å². The van der Waals surface area contributed by atoms with Gasteiger partial charge in [-0.25, -0.2) is 0 Å². The highest BCUT2D eigenvalue weighted by molar-refractivity contribution is 5.74. The zero-order valence-electron chi connectivity index (χ0n) is 10.9. The predicted molar refractivity (Wildman–Crippen MR) is 70.3 cm³/mol. The van der Waals surface area contributed by atoms with Gasteiger partial charge >= 0.3 is 5.97 Å². The number of benzene rings is 1. The Bertz CT molecular complexity index is 430. The van der Waals surface area contributed by atoms with E-state index in [2.05, 4.69) is 30.3 Å². The van der Waals surface area contributed by atoms with Gasteiger partial charge in [0.1, 0.15) is 5.60 Å². The molecule has 1 saturated carbocycles. The normalized spacial score (nSPS) is 35.7. The standard InChI is InChI=1S/C16H20O2/c1-12-11-16(18-15(12)17)9-7-14(8-10-16)13-5-3-2-4-6-13/h2-6,12,14H,7-11H2,1H3. The van der Waals surface area contributed by atoms with E-state index in [1.165, 1.54) is 5.56 Å². The van der Waals surface area contributed by atoms with E-state index in [0.29, 0.717) is 5.92 Å². The van der Waals surface area contributed by atoms with Gasteiger partial charge in [0.2, 0.25) is 0 Å². The first-order valence-corrected chi connectivity index (χ1v) is 6.96. The predicted octanol–water partition coefficient (Wildman–Crippen LogP) is 3.67. The zero-order valence-corrected chi connectivity index (χ0v) is 10.9. The molecular formula is C16H20O2. The number of rotatable bonds is 1. The second-order valence-corrected chi connectivity index (χ2v) is 5.89. The molecule has 1 unspecified atom stereocenters. The molecule has 96 valence electrons. The Kier molecular flexibility index (Phi) is 2.89. The van der Waals surface area contributed by atoms with Gasteiger partial charge < -0.3 is 4.74 Å². The van der Waals surface area contributed by atoms with E-state index in [1.54, 1.807) is 0 Å². The molecule has 1 aromatic rings. The van der Waals surface area contributed by atoms with Crippen LogP contribution in [0, 0.1) is 5.92 Å². The van der Waals surface area contributed by atoms with Gasteiger partial charge in [-0.3, -0.25) is 4.79 Å². The molecule has 1 atom stereocenters. The summed E-state index contributed by atoms with van der Waals surface area (Å²) in [6, 6.07) is 10.7. The number of hydrogen-bond donors (Lipinski definition) is 0. The molecule has 18 heavy (non-hydrogen) atoms. The number of carbonyl (C=O) groups is 1. The minimum atomic E-state index is -0.123. The lowest BCUT2D eigenvalue weighted by molar-refractivity contribution is -0.152. The molecule has 0 bridgehead atoms. The van der Waals surface area contributed by atoms with Crippen molar-refractivity contribution in [3.63, 3.8) is 0 Å². The van der Waals surface area contributed by atoms with Crippen molar-refractivity contribution in [2.45, 2.75) is 50.5 Å². The second-order valence-electron chi connectivity index (χ2n) is 5.89. The minimum Gasteiger partial charge on any atom is -0.459 e. The van der Waals surface area contributed by atoms with Crippen molar-refractivity contribution in [3.8, 4) is 0 Å². The van der Waals surface area contributed by atoms with Gasteiger partial charge in [-0.05, 0) is 37.2 Å². The highest BCUT2D eigenvalue weighted by Crippen LogP contribution is 2.46. The monoisotopic (exact) mass is 244 g/mol.